The molecule has 0 heterocycles. The van der Waals surface area contributed by atoms with Crippen LogP contribution >= 0.6 is 11.8 Å². The molecule has 100 valence electrons. The molecule has 0 N–H and O–H groups in total. The van der Waals surface area contributed by atoms with E-state index in [2.05, 4.69) is 6.92 Å². The van der Waals surface area contributed by atoms with Gasteiger partial charge in [0.2, 0.25) is 11.8 Å². The molecular weight excluding hydrogens is 236 g/mol. The molecule has 0 unspecified atom stereocenters. The Morgan fingerprint density at radius 3 is 2.12 bits per heavy atom. The van der Waals surface area contributed by atoms with E-state index in [4.69, 9.17) is 0 Å². The molecule has 0 aromatic heterocycles. The molecule has 0 spiro atoms. The number of hydrogen-bond donors (Lipinski definition) is 0. The van der Waals surface area contributed by atoms with Gasteiger partial charge in [0, 0.05) is 32.3 Å². The van der Waals surface area contributed by atoms with Crippen molar-refractivity contribution in [1.82, 2.24) is 9.80 Å². The summed E-state index contributed by atoms with van der Waals surface area (Å²) >= 11 is 1.75. The number of rotatable bonds is 8. The van der Waals surface area contributed by atoms with Crippen molar-refractivity contribution >= 4 is 23.6 Å². The van der Waals surface area contributed by atoms with Crippen LogP contribution in [0.15, 0.2) is 0 Å². The van der Waals surface area contributed by atoms with Gasteiger partial charge < -0.3 is 9.80 Å². The molecule has 17 heavy (non-hydrogen) atoms. The SMILES string of the molecule is CCSCCC(=O)N(C)CC(=O)N(CC)CC. The van der Waals surface area contributed by atoms with E-state index in [9.17, 15) is 9.59 Å². The second kappa shape index (κ2) is 9.33. The summed E-state index contributed by atoms with van der Waals surface area (Å²) in [6.45, 7) is 7.55. The zero-order chi connectivity index (χ0) is 13.3. The molecule has 0 atom stereocenters. The average molecular weight is 260 g/mol. The van der Waals surface area contributed by atoms with Gasteiger partial charge in [0.15, 0.2) is 0 Å². The maximum absolute atomic E-state index is 11.8. The lowest BCUT2D eigenvalue weighted by Gasteiger charge is -2.23. The fourth-order valence-electron chi connectivity index (χ4n) is 1.46. The average Bonchev–Trinajstić information content (AvgIpc) is 2.30. The van der Waals surface area contributed by atoms with Crippen LogP contribution < -0.4 is 0 Å². The third-order valence-corrected chi connectivity index (χ3v) is 3.48. The Balaban J connectivity index is 4.02. The van der Waals surface area contributed by atoms with Crippen molar-refractivity contribution in [2.24, 2.45) is 0 Å². The molecular formula is C12H24N2O2S. The molecule has 5 heteroatoms. The number of carbonyl (C=O) groups is 2. The fraction of sp³-hybridized carbons (Fsp3) is 0.833. The molecule has 0 aliphatic carbocycles. The van der Waals surface area contributed by atoms with Crippen molar-refractivity contribution in [3.05, 3.63) is 0 Å². The minimum atomic E-state index is 0.0222. The van der Waals surface area contributed by atoms with Crippen molar-refractivity contribution in [3.63, 3.8) is 0 Å². The molecule has 0 saturated heterocycles. The molecule has 0 aromatic carbocycles. The van der Waals surface area contributed by atoms with Gasteiger partial charge in [0.1, 0.15) is 0 Å². The highest BCUT2D eigenvalue weighted by Gasteiger charge is 2.15. The third-order valence-electron chi connectivity index (χ3n) is 2.58. The van der Waals surface area contributed by atoms with Gasteiger partial charge >= 0.3 is 0 Å². The van der Waals surface area contributed by atoms with E-state index in [1.165, 1.54) is 4.90 Å². The molecule has 0 bridgehead atoms. The van der Waals surface area contributed by atoms with E-state index in [0.717, 1.165) is 11.5 Å². The quantitative estimate of drug-likeness (QED) is 0.620. The topological polar surface area (TPSA) is 40.6 Å². The van der Waals surface area contributed by atoms with Gasteiger partial charge in [-0.3, -0.25) is 9.59 Å². The largest absolute Gasteiger partial charge is 0.342 e. The molecule has 0 aromatic rings. The first-order chi connectivity index (χ1) is 8.06. The minimum absolute atomic E-state index is 0.0222. The van der Waals surface area contributed by atoms with Crippen LogP contribution in [0, 0.1) is 0 Å². The lowest BCUT2D eigenvalue weighted by molar-refractivity contribution is -0.138. The Labute approximate surface area is 109 Å². The Morgan fingerprint density at radius 1 is 1.06 bits per heavy atom. The summed E-state index contributed by atoms with van der Waals surface area (Å²) in [6.07, 6.45) is 0.514. The Morgan fingerprint density at radius 2 is 1.65 bits per heavy atom. The molecule has 0 aliphatic rings. The van der Waals surface area contributed by atoms with E-state index < -0.39 is 0 Å². The highest BCUT2D eigenvalue weighted by molar-refractivity contribution is 7.99. The maximum Gasteiger partial charge on any atom is 0.242 e. The third kappa shape index (κ3) is 6.56. The van der Waals surface area contributed by atoms with Crippen molar-refractivity contribution in [2.75, 3.05) is 38.2 Å². The number of likely N-dealkylation sites (N-methyl/N-ethyl adjacent to an activating group) is 2. The number of nitrogens with zero attached hydrogens (tertiary/aromatic N) is 2. The van der Waals surface area contributed by atoms with Crippen LogP contribution in [-0.2, 0) is 9.59 Å². The van der Waals surface area contributed by atoms with Gasteiger partial charge in [-0.25, -0.2) is 0 Å². The lowest BCUT2D eigenvalue weighted by Crippen LogP contribution is -2.41. The van der Waals surface area contributed by atoms with Crippen LogP contribution in [0.1, 0.15) is 27.2 Å². The van der Waals surface area contributed by atoms with Gasteiger partial charge in [-0.05, 0) is 19.6 Å². The van der Waals surface area contributed by atoms with Crippen molar-refractivity contribution in [2.45, 2.75) is 27.2 Å². The Hall–Kier alpha value is -0.710. The van der Waals surface area contributed by atoms with Crippen LogP contribution in [-0.4, -0.2) is 59.8 Å². The highest BCUT2D eigenvalue weighted by atomic mass is 32.2. The number of amides is 2. The number of hydrogen-bond acceptors (Lipinski definition) is 3. The molecule has 2 amide bonds. The van der Waals surface area contributed by atoms with E-state index in [0.29, 0.717) is 19.5 Å². The summed E-state index contributed by atoms with van der Waals surface area (Å²) < 4.78 is 0. The molecule has 0 saturated carbocycles. The first-order valence-electron chi connectivity index (χ1n) is 6.16. The van der Waals surface area contributed by atoms with Crippen LogP contribution in [0.3, 0.4) is 0 Å². The van der Waals surface area contributed by atoms with Crippen LogP contribution in [0.2, 0.25) is 0 Å². The number of thioether (sulfide) groups is 1. The molecule has 0 fully saturated rings. The van der Waals surface area contributed by atoms with E-state index >= 15 is 0 Å². The molecule has 4 nitrogen and oxygen atoms in total. The fourth-order valence-corrected chi connectivity index (χ4v) is 2.07. The predicted octanol–water partition coefficient (Wildman–Crippen LogP) is 1.46. The summed E-state index contributed by atoms with van der Waals surface area (Å²) in [5.41, 5.74) is 0. The molecule has 0 rings (SSSR count). The summed E-state index contributed by atoms with van der Waals surface area (Å²) in [5.74, 6) is 1.93. The molecule has 0 radical (unpaired) electrons. The zero-order valence-corrected chi connectivity index (χ0v) is 12.2. The van der Waals surface area contributed by atoms with Gasteiger partial charge in [-0.15, -0.1) is 0 Å². The van der Waals surface area contributed by atoms with Crippen LogP contribution in [0.25, 0.3) is 0 Å². The smallest absolute Gasteiger partial charge is 0.242 e. The highest BCUT2D eigenvalue weighted by Crippen LogP contribution is 2.03. The Bertz CT molecular complexity index is 243. The standard InChI is InChI=1S/C12H24N2O2S/c1-5-14(6-2)12(16)10-13(4)11(15)8-9-17-7-3/h5-10H2,1-4H3. The van der Waals surface area contributed by atoms with Gasteiger partial charge in [-0.1, -0.05) is 6.92 Å². The second-order valence-electron chi connectivity index (χ2n) is 3.76. The zero-order valence-electron chi connectivity index (χ0n) is 11.4. The van der Waals surface area contributed by atoms with E-state index in [-0.39, 0.29) is 18.4 Å². The van der Waals surface area contributed by atoms with Crippen LogP contribution in [0.4, 0.5) is 0 Å². The minimum Gasteiger partial charge on any atom is -0.342 e. The van der Waals surface area contributed by atoms with Crippen molar-refractivity contribution < 1.29 is 9.59 Å². The van der Waals surface area contributed by atoms with Gasteiger partial charge in [0.05, 0.1) is 6.54 Å². The van der Waals surface area contributed by atoms with Gasteiger partial charge in [-0.2, -0.15) is 11.8 Å². The summed E-state index contributed by atoms with van der Waals surface area (Å²) in [7, 11) is 1.69. The van der Waals surface area contributed by atoms with Crippen molar-refractivity contribution in [3.8, 4) is 0 Å². The predicted molar refractivity (Wildman–Crippen MR) is 73.2 cm³/mol. The monoisotopic (exact) mass is 260 g/mol. The second-order valence-corrected chi connectivity index (χ2v) is 5.16. The lowest BCUT2D eigenvalue weighted by atomic mass is 10.3. The summed E-state index contributed by atoms with van der Waals surface area (Å²) in [6, 6.07) is 0. The number of carbonyl (C=O) groups excluding carboxylic acids is 2. The first-order valence-corrected chi connectivity index (χ1v) is 7.31. The molecule has 0 aliphatic heterocycles. The van der Waals surface area contributed by atoms with E-state index in [1.807, 2.05) is 13.8 Å². The van der Waals surface area contributed by atoms with E-state index in [1.54, 1.807) is 23.7 Å². The normalized spacial score (nSPS) is 10.1. The van der Waals surface area contributed by atoms with Crippen molar-refractivity contribution in [1.29, 1.82) is 0 Å². The Kier molecular flexibility index (Phi) is 8.94. The summed E-state index contributed by atoms with van der Waals surface area (Å²) in [4.78, 5) is 26.7. The van der Waals surface area contributed by atoms with Crippen LogP contribution in [0.5, 0.6) is 0 Å². The van der Waals surface area contributed by atoms with Gasteiger partial charge in [0.25, 0.3) is 0 Å². The first kappa shape index (κ1) is 16.3. The summed E-state index contributed by atoms with van der Waals surface area (Å²) in [5, 5.41) is 0. The maximum atomic E-state index is 11.8.